The molecule has 1 atom stereocenters. The Hall–Kier alpha value is -0.730. The van der Waals surface area contributed by atoms with Crippen LogP contribution in [0.1, 0.15) is 45.6 Å². The Balaban J connectivity index is 1.97. The lowest BCUT2D eigenvalue weighted by Gasteiger charge is -2.34. The van der Waals surface area contributed by atoms with Crippen LogP contribution < -0.4 is 10.2 Å². The summed E-state index contributed by atoms with van der Waals surface area (Å²) >= 11 is 6.47. The van der Waals surface area contributed by atoms with Gasteiger partial charge in [0.2, 0.25) is 0 Å². The van der Waals surface area contributed by atoms with Gasteiger partial charge in [0.1, 0.15) is 0 Å². The minimum atomic E-state index is 0.669. The lowest BCUT2D eigenvalue weighted by Crippen LogP contribution is -2.35. The molecule has 21 heavy (non-hydrogen) atoms. The van der Waals surface area contributed by atoms with Crippen LogP contribution >= 0.6 is 11.6 Å². The van der Waals surface area contributed by atoms with E-state index in [1.54, 1.807) is 0 Å². The van der Waals surface area contributed by atoms with Crippen molar-refractivity contribution in [2.45, 2.75) is 46.6 Å². The molecule has 0 spiro atoms. The number of hydrogen-bond donors (Lipinski definition) is 1. The van der Waals surface area contributed by atoms with Crippen LogP contribution in [0.3, 0.4) is 0 Å². The van der Waals surface area contributed by atoms with E-state index in [1.165, 1.54) is 37.1 Å². The molecule has 1 aromatic rings. The molecule has 1 fully saturated rings. The molecule has 0 saturated carbocycles. The first kappa shape index (κ1) is 16.6. The van der Waals surface area contributed by atoms with Crippen molar-refractivity contribution in [1.82, 2.24) is 5.32 Å². The summed E-state index contributed by atoms with van der Waals surface area (Å²) in [5.74, 6) is 1.51. The Bertz CT molecular complexity index is 445. The van der Waals surface area contributed by atoms with Crippen molar-refractivity contribution in [3.05, 3.63) is 28.8 Å². The zero-order chi connectivity index (χ0) is 15.2. The van der Waals surface area contributed by atoms with Crippen LogP contribution in [-0.4, -0.2) is 19.6 Å². The van der Waals surface area contributed by atoms with Gasteiger partial charge in [0.15, 0.2) is 0 Å². The average molecular weight is 309 g/mol. The molecular formula is C18H29ClN2. The van der Waals surface area contributed by atoms with Crippen molar-refractivity contribution in [2.24, 2.45) is 11.8 Å². The van der Waals surface area contributed by atoms with Crippen LogP contribution in [0.25, 0.3) is 0 Å². The number of nitrogens with one attached hydrogen (secondary N) is 1. The Morgan fingerprint density at radius 3 is 2.86 bits per heavy atom. The largest absolute Gasteiger partial charge is 0.371 e. The molecule has 3 heteroatoms. The van der Waals surface area contributed by atoms with Crippen LogP contribution in [0.4, 0.5) is 5.69 Å². The fourth-order valence-corrected chi connectivity index (χ4v) is 3.25. The van der Waals surface area contributed by atoms with Gasteiger partial charge in [-0.05, 0) is 48.9 Å². The first-order valence-corrected chi connectivity index (χ1v) is 8.72. The van der Waals surface area contributed by atoms with Crippen molar-refractivity contribution in [1.29, 1.82) is 0 Å². The maximum atomic E-state index is 6.47. The van der Waals surface area contributed by atoms with Crippen molar-refractivity contribution < 1.29 is 0 Å². The van der Waals surface area contributed by atoms with E-state index in [9.17, 15) is 0 Å². The van der Waals surface area contributed by atoms with Crippen molar-refractivity contribution in [3.8, 4) is 0 Å². The van der Waals surface area contributed by atoms with E-state index >= 15 is 0 Å². The highest BCUT2D eigenvalue weighted by atomic mass is 35.5. The van der Waals surface area contributed by atoms with E-state index in [4.69, 9.17) is 11.6 Å². The van der Waals surface area contributed by atoms with E-state index in [-0.39, 0.29) is 0 Å². The van der Waals surface area contributed by atoms with Gasteiger partial charge in [0.25, 0.3) is 0 Å². The van der Waals surface area contributed by atoms with Crippen LogP contribution in [-0.2, 0) is 6.54 Å². The second-order valence-corrected chi connectivity index (χ2v) is 7.07. The van der Waals surface area contributed by atoms with Gasteiger partial charge in [-0.25, -0.2) is 0 Å². The van der Waals surface area contributed by atoms with E-state index in [2.05, 4.69) is 49.2 Å². The molecule has 1 aromatic carbocycles. The molecule has 1 aliphatic rings. The standard InChI is InChI=1S/C18H29ClN2/c1-4-15-6-5-9-21(13-15)17-8-7-16(18(19)10-17)12-20-11-14(2)3/h7-8,10,14-15,20H,4-6,9,11-13H2,1-3H3. The molecule has 2 nitrogen and oxygen atoms in total. The van der Waals surface area contributed by atoms with Crippen LogP contribution in [0.5, 0.6) is 0 Å². The SMILES string of the molecule is CCC1CCCN(c2ccc(CNCC(C)C)c(Cl)c2)C1. The number of halogens is 1. The van der Waals surface area contributed by atoms with E-state index in [1.807, 2.05) is 0 Å². The third-order valence-corrected chi connectivity index (χ3v) is 4.72. The van der Waals surface area contributed by atoms with Gasteiger partial charge in [-0.3, -0.25) is 0 Å². The molecule has 1 heterocycles. The molecule has 0 amide bonds. The van der Waals surface area contributed by atoms with E-state index < -0.39 is 0 Å². The van der Waals surface area contributed by atoms with Crippen molar-refractivity contribution >= 4 is 17.3 Å². The predicted molar refractivity (Wildman–Crippen MR) is 93.2 cm³/mol. The number of rotatable bonds is 6. The zero-order valence-electron chi connectivity index (χ0n) is 13.7. The highest BCUT2D eigenvalue weighted by Gasteiger charge is 2.19. The maximum Gasteiger partial charge on any atom is 0.0471 e. The first-order chi connectivity index (χ1) is 10.1. The fourth-order valence-electron chi connectivity index (χ4n) is 3.00. The summed E-state index contributed by atoms with van der Waals surface area (Å²) in [7, 11) is 0. The van der Waals surface area contributed by atoms with Crippen LogP contribution in [0, 0.1) is 11.8 Å². The quantitative estimate of drug-likeness (QED) is 0.818. The topological polar surface area (TPSA) is 15.3 Å². The third kappa shape index (κ3) is 4.89. The first-order valence-electron chi connectivity index (χ1n) is 8.34. The van der Waals surface area contributed by atoms with Gasteiger partial charge in [0, 0.05) is 30.3 Å². The fraction of sp³-hybridized carbons (Fsp3) is 0.667. The summed E-state index contributed by atoms with van der Waals surface area (Å²) in [6.07, 6.45) is 3.95. The zero-order valence-corrected chi connectivity index (χ0v) is 14.4. The minimum Gasteiger partial charge on any atom is -0.371 e. The number of benzene rings is 1. The second-order valence-electron chi connectivity index (χ2n) is 6.66. The molecule has 0 radical (unpaired) electrons. The summed E-state index contributed by atoms with van der Waals surface area (Å²) in [6.45, 7) is 11.0. The summed E-state index contributed by atoms with van der Waals surface area (Å²) in [5, 5.41) is 4.35. The molecule has 1 N–H and O–H groups in total. The van der Waals surface area contributed by atoms with Gasteiger partial charge in [-0.15, -0.1) is 0 Å². The summed E-state index contributed by atoms with van der Waals surface area (Å²) in [4.78, 5) is 2.49. The summed E-state index contributed by atoms with van der Waals surface area (Å²) in [5.41, 5.74) is 2.48. The molecule has 1 saturated heterocycles. The Morgan fingerprint density at radius 2 is 2.19 bits per heavy atom. The molecule has 1 aliphatic heterocycles. The molecule has 0 aromatic heterocycles. The Labute approximate surface area is 134 Å². The monoisotopic (exact) mass is 308 g/mol. The number of anilines is 1. The highest BCUT2D eigenvalue weighted by Crippen LogP contribution is 2.28. The number of piperidine rings is 1. The minimum absolute atomic E-state index is 0.669. The average Bonchev–Trinajstić information content (AvgIpc) is 2.48. The third-order valence-electron chi connectivity index (χ3n) is 4.37. The van der Waals surface area contributed by atoms with Gasteiger partial charge < -0.3 is 10.2 Å². The number of hydrogen-bond acceptors (Lipinski definition) is 2. The molecule has 0 bridgehead atoms. The molecule has 118 valence electrons. The Kier molecular flexibility index (Phi) is 6.38. The highest BCUT2D eigenvalue weighted by molar-refractivity contribution is 6.31. The maximum absolute atomic E-state index is 6.47. The van der Waals surface area contributed by atoms with E-state index in [0.717, 1.165) is 30.6 Å². The predicted octanol–water partition coefficient (Wildman–Crippen LogP) is 4.71. The van der Waals surface area contributed by atoms with Crippen molar-refractivity contribution in [2.75, 3.05) is 24.5 Å². The second kappa shape index (κ2) is 8.05. The van der Waals surface area contributed by atoms with Gasteiger partial charge >= 0.3 is 0 Å². The molecule has 0 aliphatic carbocycles. The molecule has 2 rings (SSSR count). The van der Waals surface area contributed by atoms with Gasteiger partial charge in [-0.2, -0.15) is 0 Å². The lowest BCUT2D eigenvalue weighted by atomic mass is 9.95. The number of nitrogens with zero attached hydrogens (tertiary/aromatic N) is 1. The van der Waals surface area contributed by atoms with Gasteiger partial charge in [0.05, 0.1) is 0 Å². The van der Waals surface area contributed by atoms with Crippen molar-refractivity contribution in [3.63, 3.8) is 0 Å². The summed E-state index contributed by atoms with van der Waals surface area (Å²) < 4.78 is 0. The van der Waals surface area contributed by atoms with E-state index in [0.29, 0.717) is 5.92 Å². The van der Waals surface area contributed by atoms with Crippen LogP contribution in [0.15, 0.2) is 18.2 Å². The smallest absolute Gasteiger partial charge is 0.0471 e. The molecule has 1 unspecified atom stereocenters. The lowest BCUT2D eigenvalue weighted by molar-refractivity contribution is 0.405. The molecular weight excluding hydrogens is 280 g/mol. The van der Waals surface area contributed by atoms with Crippen LogP contribution in [0.2, 0.25) is 5.02 Å². The van der Waals surface area contributed by atoms with Gasteiger partial charge in [-0.1, -0.05) is 44.9 Å². The Morgan fingerprint density at radius 1 is 1.38 bits per heavy atom. The normalized spacial score (nSPS) is 19.3. The summed E-state index contributed by atoms with van der Waals surface area (Å²) in [6, 6.07) is 6.56.